The van der Waals surface area contributed by atoms with Gasteiger partial charge in [0.25, 0.3) is 5.91 Å². The van der Waals surface area contributed by atoms with Gasteiger partial charge in [0.05, 0.1) is 0 Å². The van der Waals surface area contributed by atoms with Crippen LogP contribution in [0.1, 0.15) is 46.6 Å². The summed E-state index contributed by atoms with van der Waals surface area (Å²) in [6.45, 7) is 3.01. The first-order valence-corrected chi connectivity index (χ1v) is 8.91. The summed E-state index contributed by atoms with van der Waals surface area (Å²) in [6, 6.07) is 18.5. The van der Waals surface area contributed by atoms with Crippen LogP contribution in [0.15, 0.2) is 54.6 Å². The Morgan fingerprint density at radius 2 is 1.77 bits per heavy atom. The Bertz CT molecular complexity index is 641. The van der Waals surface area contributed by atoms with Crippen LogP contribution in [0.4, 0.5) is 0 Å². The SMILES string of the molecule is CCCCN1C(=O)c2ccccc2[C@H]1SCc1ccccc1. The lowest BCUT2D eigenvalue weighted by molar-refractivity contribution is 0.0771. The standard InChI is InChI=1S/C19H21NOS/c1-2-3-13-20-18(21)16-11-7-8-12-17(16)19(20)22-14-15-9-5-4-6-10-15/h4-12,19H,2-3,13-14H2,1H3/t19-/m1/s1. The number of hydrogen-bond acceptors (Lipinski definition) is 2. The quantitative estimate of drug-likeness (QED) is 0.758. The molecule has 1 aliphatic heterocycles. The molecule has 0 fully saturated rings. The Balaban J connectivity index is 1.80. The highest BCUT2D eigenvalue weighted by Crippen LogP contribution is 2.42. The van der Waals surface area contributed by atoms with Crippen molar-refractivity contribution in [3.05, 3.63) is 71.3 Å². The van der Waals surface area contributed by atoms with Crippen LogP contribution in [0.3, 0.4) is 0 Å². The summed E-state index contributed by atoms with van der Waals surface area (Å²) < 4.78 is 0. The topological polar surface area (TPSA) is 20.3 Å². The zero-order chi connectivity index (χ0) is 15.4. The van der Waals surface area contributed by atoms with E-state index < -0.39 is 0 Å². The predicted molar refractivity (Wildman–Crippen MR) is 92.9 cm³/mol. The van der Waals surface area contributed by atoms with Gasteiger partial charge in [-0.1, -0.05) is 61.9 Å². The molecular weight excluding hydrogens is 290 g/mol. The molecule has 1 amide bonds. The summed E-state index contributed by atoms with van der Waals surface area (Å²) in [5.74, 6) is 1.12. The lowest BCUT2D eigenvalue weighted by Crippen LogP contribution is -2.27. The van der Waals surface area contributed by atoms with Crippen LogP contribution in [0.2, 0.25) is 0 Å². The molecule has 0 bridgehead atoms. The van der Waals surface area contributed by atoms with Gasteiger partial charge in [0.1, 0.15) is 5.37 Å². The van der Waals surface area contributed by atoms with Crippen molar-refractivity contribution in [1.82, 2.24) is 4.90 Å². The Morgan fingerprint density at radius 3 is 2.55 bits per heavy atom. The van der Waals surface area contributed by atoms with Gasteiger partial charge < -0.3 is 4.90 Å². The van der Waals surface area contributed by atoms with Crippen molar-refractivity contribution in [3.63, 3.8) is 0 Å². The zero-order valence-corrected chi connectivity index (χ0v) is 13.7. The van der Waals surface area contributed by atoms with Gasteiger partial charge in [-0.2, -0.15) is 0 Å². The lowest BCUT2D eigenvalue weighted by Gasteiger charge is -2.25. The highest BCUT2D eigenvalue weighted by molar-refractivity contribution is 7.98. The summed E-state index contributed by atoms with van der Waals surface area (Å²) >= 11 is 1.85. The van der Waals surface area contributed by atoms with Crippen LogP contribution in [0.25, 0.3) is 0 Å². The maximum absolute atomic E-state index is 12.6. The van der Waals surface area contributed by atoms with Crippen LogP contribution < -0.4 is 0 Å². The normalized spacial score (nSPS) is 16.9. The smallest absolute Gasteiger partial charge is 0.255 e. The van der Waals surface area contributed by atoms with Gasteiger partial charge in [0, 0.05) is 17.9 Å². The first-order valence-electron chi connectivity index (χ1n) is 7.86. The van der Waals surface area contributed by atoms with Crippen LogP contribution in [0.5, 0.6) is 0 Å². The fraction of sp³-hybridized carbons (Fsp3) is 0.316. The molecule has 0 spiro atoms. The molecule has 1 heterocycles. The maximum Gasteiger partial charge on any atom is 0.255 e. The molecule has 2 nitrogen and oxygen atoms in total. The predicted octanol–water partition coefficient (Wildman–Crippen LogP) is 4.87. The molecule has 0 unspecified atom stereocenters. The van der Waals surface area contributed by atoms with E-state index in [9.17, 15) is 4.79 Å². The number of carbonyl (C=O) groups is 1. The number of hydrogen-bond donors (Lipinski definition) is 0. The summed E-state index contributed by atoms with van der Waals surface area (Å²) in [5.41, 5.74) is 3.36. The molecule has 0 saturated carbocycles. The second-order valence-corrected chi connectivity index (χ2v) is 6.66. The fourth-order valence-electron chi connectivity index (χ4n) is 2.81. The Morgan fingerprint density at radius 1 is 1.05 bits per heavy atom. The number of benzene rings is 2. The molecule has 0 saturated heterocycles. The van der Waals surface area contributed by atoms with Crippen molar-refractivity contribution >= 4 is 17.7 Å². The van der Waals surface area contributed by atoms with Gasteiger partial charge in [0.15, 0.2) is 0 Å². The number of nitrogens with zero attached hydrogens (tertiary/aromatic N) is 1. The summed E-state index contributed by atoms with van der Waals surface area (Å²) in [5, 5.41) is 0.149. The largest absolute Gasteiger partial charge is 0.322 e. The third-order valence-electron chi connectivity index (χ3n) is 4.00. The van der Waals surface area contributed by atoms with E-state index in [0.717, 1.165) is 30.7 Å². The number of rotatable bonds is 6. The summed E-state index contributed by atoms with van der Waals surface area (Å²) in [6.07, 6.45) is 2.17. The van der Waals surface area contributed by atoms with Crippen LogP contribution >= 0.6 is 11.8 Å². The van der Waals surface area contributed by atoms with E-state index in [1.807, 2.05) is 40.9 Å². The van der Waals surface area contributed by atoms with Gasteiger partial charge in [-0.15, -0.1) is 11.8 Å². The van der Waals surface area contributed by atoms with Crippen molar-refractivity contribution in [3.8, 4) is 0 Å². The van der Waals surface area contributed by atoms with E-state index in [1.54, 1.807) is 0 Å². The number of carbonyl (C=O) groups excluding carboxylic acids is 1. The van der Waals surface area contributed by atoms with Gasteiger partial charge in [-0.05, 0) is 23.6 Å². The molecule has 1 atom stereocenters. The Hall–Kier alpha value is -1.74. The van der Waals surface area contributed by atoms with E-state index in [-0.39, 0.29) is 11.3 Å². The maximum atomic E-state index is 12.6. The van der Waals surface area contributed by atoms with Crippen molar-refractivity contribution in [1.29, 1.82) is 0 Å². The average Bonchev–Trinajstić information content (AvgIpc) is 2.84. The molecule has 22 heavy (non-hydrogen) atoms. The van der Waals surface area contributed by atoms with E-state index >= 15 is 0 Å². The minimum Gasteiger partial charge on any atom is -0.322 e. The van der Waals surface area contributed by atoms with Gasteiger partial charge in [0.2, 0.25) is 0 Å². The molecule has 1 aliphatic rings. The molecular formula is C19H21NOS. The Kier molecular flexibility index (Phi) is 4.84. The average molecular weight is 311 g/mol. The highest BCUT2D eigenvalue weighted by atomic mass is 32.2. The Labute approximate surface area is 136 Å². The van der Waals surface area contributed by atoms with Crippen LogP contribution in [-0.4, -0.2) is 17.4 Å². The first-order chi connectivity index (χ1) is 10.8. The second-order valence-electron chi connectivity index (χ2n) is 5.59. The monoisotopic (exact) mass is 311 g/mol. The van der Waals surface area contributed by atoms with Crippen LogP contribution in [0, 0.1) is 0 Å². The van der Waals surface area contributed by atoms with E-state index in [1.165, 1.54) is 11.1 Å². The molecule has 0 N–H and O–H groups in total. The molecule has 3 heteroatoms. The second kappa shape index (κ2) is 7.01. The van der Waals surface area contributed by atoms with E-state index in [4.69, 9.17) is 0 Å². The third kappa shape index (κ3) is 3.05. The van der Waals surface area contributed by atoms with E-state index in [0.29, 0.717) is 0 Å². The molecule has 114 valence electrons. The van der Waals surface area contributed by atoms with Crippen molar-refractivity contribution < 1.29 is 4.79 Å². The number of amides is 1. The van der Waals surface area contributed by atoms with Gasteiger partial charge >= 0.3 is 0 Å². The van der Waals surface area contributed by atoms with Crippen molar-refractivity contribution in [2.24, 2.45) is 0 Å². The summed E-state index contributed by atoms with van der Waals surface area (Å²) in [7, 11) is 0. The molecule has 0 aromatic heterocycles. The molecule has 0 aliphatic carbocycles. The number of unbranched alkanes of at least 4 members (excludes halogenated alkanes) is 1. The molecule has 3 rings (SSSR count). The lowest BCUT2D eigenvalue weighted by atomic mass is 10.1. The zero-order valence-electron chi connectivity index (χ0n) is 12.9. The fourth-order valence-corrected chi connectivity index (χ4v) is 4.12. The third-order valence-corrected chi connectivity index (χ3v) is 5.33. The number of fused-ring (bicyclic) bond motifs is 1. The number of thioether (sulfide) groups is 1. The first kappa shape index (κ1) is 15.2. The minimum absolute atomic E-state index is 0.149. The minimum atomic E-state index is 0.149. The highest BCUT2D eigenvalue weighted by Gasteiger charge is 2.35. The van der Waals surface area contributed by atoms with Gasteiger partial charge in [-0.25, -0.2) is 0 Å². The molecule has 0 radical (unpaired) electrons. The molecule has 2 aromatic carbocycles. The van der Waals surface area contributed by atoms with Gasteiger partial charge in [-0.3, -0.25) is 4.79 Å². The van der Waals surface area contributed by atoms with E-state index in [2.05, 4.69) is 37.3 Å². The van der Waals surface area contributed by atoms with Crippen molar-refractivity contribution in [2.45, 2.75) is 30.9 Å². The summed E-state index contributed by atoms with van der Waals surface area (Å²) in [4.78, 5) is 14.7. The molecule has 2 aromatic rings. The van der Waals surface area contributed by atoms with Crippen molar-refractivity contribution in [2.75, 3.05) is 6.54 Å². The van der Waals surface area contributed by atoms with Crippen LogP contribution in [-0.2, 0) is 5.75 Å².